The summed E-state index contributed by atoms with van der Waals surface area (Å²) in [6, 6.07) is 84.9. The van der Waals surface area contributed by atoms with Crippen molar-refractivity contribution in [2.75, 3.05) is 9.80 Å². The molecule has 0 bridgehead atoms. The molecule has 12 rings (SSSR count). The standard InChI is InChI=1S/C61H44N2/c1-61(2)55-26-11-12-27-58(55)63(59-38-33-47(40-56(59)61)51-25-13-20-42-16-5-8-22-50(42)51)60-53-24-10-7-18-44(53)32-37-54(60)45-30-34-48(35-31-45)62(49-36-29-41-15-3-4-19-46(41)39-49)57-28-14-21-43-17-6-9-23-52(43)57/h3-40H,1-2H3. The summed E-state index contributed by atoms with van der Waals surface area (Å²) >= 11 is 0. The van der Waals surface area contributed by atoms with Crippen molar-refractivity contribution < 1.29 is 0 Å². The molecule has 298 valence electrons. The second-order valence-corrected chi connectivity index (χ2v) is 17.3. The number of hydrogen-bond acceptors (Lipinski definition) is 2. The lowest BCUT2D eigenvalue weighted by molar-refractivity contribution is 0.632. The molecule has 1 aliphatic rings. The van der Waals surface area contributed by atoms with Gasteiger partial charge >= 0.3 is 0 Å². The first kappa shape index (κ1) is 36.9. The Bertz CT molecular complexity index is 3550. The molecular formula is C61H44N2. The molecule has 0 spiro atoms. The predicted octanol–water partition coefficient (Wildman–Crippen LogP) is 17.2. The van der Waals surface area contributed by atoms with Gasteiger partial charge < -0.3 is 9.80 Å². The second-order valence-electron chi connectivity index (χ2n) is 17.3. The molecule has 0 atom stereocenters. The normalized spacial score (nSPS) is 13.0. The Morgan fingerprint density at radius 2 is 0.905 bits per heavy atom. The van der Waals surface area contributed by atoms with Crippen LogP contribution >= 0.6 is 0 Å². The van der Waals surface area contributed by atoms with Crippen LogP contribution in [0, 0.1) is 0 Å². The van der Waals surface area contributed by atoms with Gasteiger partial charge in [0.25, 0.3) is 0 Å². The van der Waals surface area contributed by atoms with Crippen molar-refractivity contribution in [2.24, 2.45) is 0 Å². The third-order valence-corrected chi connectivity index (χ3v) is 13.4. The molecule has 2 heteroatoms. The van der Waals surface area contributed by atoms with Crippen molar-refractivity contribution in [3.63, 3.8) is 0 Å². The van der Waals surface area contributed by atoms with Crippen molar-refractivity contribution in [3.05, 3.63) is 242 Å². The van der Waals surface area contributed by atoms with Crippen molar-refractivity contribution in [2.45, 2.75) is 19.3 Å². The smallest absolute Gasteiger partial charge is 0.0618 e. The summed E-state index contributed by atoms with van der Waals surface area (Å²) in [6.07, 6.45) is 0. The lowest BCUT2D eigenvalue weighted by atomic mass is 9.72. The molecule has 2 nitrogen and oxygen atoms in total. The maximum atomic E-state index is 2.55. The first-order chi connectivity index (χ1) is 31.0. The van der Waals surface area contributed by atoms with Gasteiger partial charge in [0, 0.05) is 33.1 Å². The average molecular weight is 805 g/mol. The van der Waals surface area contributed by atoms with Gasteiger partial charge in [0.15, 0.2) is 0 Å². The van der Waals surface area contributed by atoms with E-state index in [0.717, 1.165) is 22.6 Å². The zero-order chi connectivity index (χ0) is 42.1. The number of anilines is 6. The summed E-state index contributed by atoms with van der Waals surface area (Å²) in [6.45, 7) is 4.77. The molecule has 0 amide bonds. The lowest BCUT2D eigenvalue weighted by Crippen LogP contribution is -2.31. The van der Waals surface area contributed by atoms with Gasteiger partial charge in [-0.3, -0.25) is 0 Å². The third-order valence-electron chi connectivity index (χ3n) is 13.4. The number of hydrogen-bond donors (Lipinski definition) is 0. The lowest BCUT2D eigenvalue weighted by Gasteiger charge is -2.43. The number of rotatable bonds is 6. The third kappa shape index (κ3) is 6.02. The van der Waals surface area contributed by atoms with Gasteiger partial charge in [-0.25, -0.2) is 0 Å². The molecule has 0 aliphatic carbocycles. The molecule has 1 aliphatic heterocycles. The zero-order valence-corrected chi connectivity index (χ0v) is 35.3. The van der Waals surface area contributed by atoms with E-state index in [-0.39, 0.29) is 5.41 Å². The average Bonchev–Trinajstić information content (AvgIpc) is 3.34. The van der Waals surface area contributed by atoms with Crippen LogP contribution < -0.4 is 9.80 Å². The molecule has 0 radical (unpaired) electrons. The topological polar surface area (TPSA) is 6.48 Å². The molecule has 63 heavy (non-hydrogen) atoms. The number of para-hydroxylation sites is 1. The first-order valence-corrected chi connectivity index (χ1v) is 21.9. The van der Waals surface area contributed by atoms with Crippen LogP contribution in [0.5, 0.6) is 0 Å². The van der Waals surface area contributed by atoms with Crippen LogP contribution in [0.3, 0.4) is 0 Å². The Morgan fingerprint density at radius 3 is 1.70 bits per heavy atom. The minimum absolute atomic E-state index is 0.247. The van der Waals surface area contributed by atoms with Gasteiger partial charge in [-0.15, -0.1) is 0 Å². The number of nitrogens with zero attached hydrogens (tertiary/aromatic N) is 2. The Kier molecular flexibility index (Phi) is 8.55. The van der Waals surface area contributed by atoms with Crippen LogP contribution in [0.4, 0.5) is 34.1 Å². The first-order valence-electron chi connectivity index (χ1n) is 21.9. The van der Waals surface area contributed by atoms with Gasteiger partial charge in [-0.05, 0) is 109 Å². The van der Waals surface area contributed by atoms with E-state index < -0.39 is 0 Å². The second kappa shape index (κ2) is 14.6. The predicted molar refractivity (Wildman–Crippen MR) is 269 cm³/mol. The van der Waals surface area contributed by atoms with E-state index in [1.54, 1.807) is 0 Å². The van der Waals surface area contributed by atoms with E-state index >= 15 is 0 Å². The van der Waals surface area contributed by atoms with Crippen molar-refractivity contribution in [3.8, 4) is 22.3 Å². The molecule has 0 saturated carbocycles. The monoisotopic (exact) mass is 804 g/mol. The molecule has 1 heterocycles. The Balaban J connectivity index is 1.05. The summed E-state index contributed by atoms with van der Waals surface area (Å²) in [4.78, 5) is 4.96. The summed E-state index contributed by atoms with van der Waals surface area (Å²) in [5.41, 5.74) is 14.2. The van der Waals surface area contributed by atoms with Crippen LogP contribution in [-0.2, 0) is 5.41 Å². The molecule has 11 aromatic rings. The van der Waals surface area contributed by atoms with Crippen LogP contribution in [0.1, 0.15) is 25.0 Å². The van der Waals surface area contributed by atoms with Gasteiger partial charge in [0.2, 0.25) is 0 Å². The van der Waals surface area contributed by atoms with Crippen LogP contribution in [0.15, 0.2) is 231 Å². The van der Waals surface area contributed by atoms with Crippen molar-refractivity contribution >= 4 is 77.2 Å². The highest BCUT2D eigenvalue weighted by Crippen LogP contribution is 2.56. The Morgan fingerprint density at radius 1 is 0.349 bits per heavy atom. The molecular weight excluding hydrogens is 761 g/mol. The Hall–Kier alpha value is -7.94. The quantitative estimate of drug-likeness (QED) is 0.165. The highest BCUT2D eigenvalue weighted by Gasteiger charge is 2.38. The van der Waals surface area contributed by atoms with Gasteiger partial charge in [-0.2, -0.15) is 0 Å². The highest BCUT2D eigenvalue weighted by molar-refractivity contribution is 6.08. The van der Waals surface area contributed by atoms with Gasteiger partial charge in [-0.1, -0.05) is 196 Å². The Labute approximate surface area is 368 Å². The van der Waals surface area contributed by atoms with E-state index in [2.05, 4.69) is 254 Å². The minimum atomic E-state index is -0.247. The zero-order valence-electron chi connectivity index (χ0n) is 35.3. The van der Waals surface area contributed by atoms with Gasteiger partial charge in [0.05, 0.1) is 22.7 Å². The van der Waals surface area contributed by atoms with Crippen molar-refractivity contribution in [1.29, 1.82) is 0 Å². The maximum Gasteiger partial charge on any atom is 0.0618 e. The molecule has 11 aromatic carbocycles. The summed E-state index contributed by atoms with van der Waals surface area (Å²) in [7, 11) is 0. The maximum absolute atomic E-state index is 2.55. The summed E-state index contributed by atoms with van der Waals surface area (Å²) in [5.74, 6) is 0. The highest BCUT2D eigenvalue weighted by atomic mass is 15.2. The fourth-order valence-electron chi connectivity index (χ4n) is 10.3. The summed E-state index contributed by atoms with van der Waals surface area (Å²) in [5, 5.41) is 9.82. The van der Waals surface area contributed by atoms with Crippen LogP contribution in [-0.4, -0.2) is 0 Å². The summed E-state index contributed by atoms with van der Waals surface area (Å²) < 4.78 is 0. The largest absolute Gasteiger partial charge is 0.310 e. The molecule has 0 fully saturated rings. The van der Waals surface area contributed by atoms with Gasteiger partial charge in [0.1, 0.15) is 0 Å². The minimum Gasteiger partial charge on any atom is -0.310 e. The van der Waals surface area contributed by atoms with E-state index in [0.29, 0.717) is 0 Å². The van der Waals surface area contributed by atoms with E-state index in [1.807, 2.05) is 0 Å². The van der Waals surface area contributed by atoms with E-state index in [4.69, 9.17) is 0 Å². The molecule has 0 aromatic heterocycles. The fourth-order valence-corrected chi connectivity index (χ4v) is 10.3. The van der Waals surface area contributed by atoms with Crippen LogP contribution in [0.2, 0.25) is 0 Å². The van der Waals surface area contributed by atoms with Crippen molar-refractivity contribution in [1.82, 2.24) is 0 Å². The molecule has 0 N–H and O–H groups in total. The molecule has 0 saturated heterocycles. The number of benzene rings is 11. The SMILES string of the molecule is CC1(C)c2ccccc2N(c2c(-c3ccc(N(c4ccc5ccccc5c4)c4cccc5ccccc45)cc3)ccc3ccccc23)c2ccc(-c3cccc4ccccc34)cc21. The molecule has 0 unspecified atom stereocenters. The van der Waals surface area contributed by atoms with E-state index in [1.165, 1.54) is 88.0 Å². The van der Waals surface area contributed by atoms with Crippen LogP contribution in [0.25, 0.3) is 65.3 Å². The number of fused-ring (bicyclic) bond motifs is 6. The van der Waals surface area contributed by atoms with E-state index in [9.17, 15) is 0 Å². The fraction of sp³-hybridized carbons (Fsp3) is 0.0492.